The highest BCUT2D eigenvalue weighted by Crippen LogP contribution is 2.31. The van der Waals surface area contributed by atoms with Crippen molar-refractivity contribution >= 4 is 22.6 Å². The molecule has 2 aliphatic rings. The Morgan fingerprint density at radius 3 is 2.78 bits per heavy atom. The first-order chi connectivity index (χ1) is 10.9. The zero-order valence-electron chi connectivity index (χ0n) is 12.4. The summed E-state index contributed by atoms with van der Waals surface area (Å²) >= 11 is 1.50. The van der Waals surface area contributed by atoms with Gasteiger partial charge in [-0.15, -0.1) is 0 Å². The molecule has 126 valence electrons. The normalized spacial score (nSPS) is 20.9. The van der Waals surface area contributed by atoms with Crippen LogP contribution in [0.1, 0.15) is 25.6 Å². The molecule has 10 heteroatoms. The van der Waals surface area contributed by atoms with E-state index < -0.39 is 12.0 Å². The van der Waals surface area contributed by atoms with E-state index in [1.165, 1.54) is 17.8 Å². The molecule has 1 fully saturated rings. The molecule has 0 saturated heterocycles. The lowest BCUT2D eigenvalue weighted by molar-refractivity contribution is -0.145. The molecule has 0 radical (unpaired) electrons. The summed E-state index contributed by atoms with van der Waals surface area (Å²) in [7, 11) is 0. The van der Waals surface area contributed by atoms with Crippen molar-refractivity contribution < 1.29 is 17.9 Å². The summed E-state index contributed by atoms with van der Waals surface area (Å²) in [5.74, 6) is -0.775. The molecule has 6 nitrogen and oxygen atoms in total. The smallest absolute Gasteiger partial charge is 0.451 e. The number of nitrogens with one attached hydrogen (secondary N) is 2. The van der Waals surface area contributed by atoms with E-state index in [-0.39, 0.29) is 17.1 Å². The average Bonchev–Trinajstić information content (AvgIpc) is 3.23. The largest absolute Gasteiger partial charge is 0.477 e. The molecule has 0 bridgehead atoms. The van der Waals surface area contributed by atoms with E-state index in [1.54, 1.807) is 0 Å². The molecule has 1 aromatic heterocycles. The number of hydrogen-bond donors (Lipinski definition) is 2. The van der Waals surface area contributed by atoms with Gasteiger partial charge in [0.05, 0.1) is 18.5 Å². The summed E-state index contributed by atoms with van der Waals surface area (Å²) in [6.07, 6.45) is -2.53. The van der Waals surface area contributed by atoms with E-state index in [4.69, 9.17) is 4.74 Å². The zero-order chi connectivity index (χ0) is 16.4. The third-order valence-electron chi connectivity index (χ3n) is 3.22. The molecule has 1 aliphatic carbocycles. The summed E-state index contributed by atoms with van der Waals surface area (Å²) in [5, 5.41) is 7.81. The molecular formula is C13H16F3N5OS. The van der Waals surface area contributed by atoms with Gasteiger partial charge in [-0.2, -0.15) is 23.3 Å². The van der Waals surface area contributed by atoms with Crippen molar-refractivity contribution in [3.8, 4) is 5.88 Å². The Kier molecular flexibility index (Phi) is 4.51. The van der Waals surface area contributed by atoms with Crippen LogP contribution in [0.4, 0.5) is 19.0 Å². The Labute approximate surface area is 135 Å². The first-order valence-electron chi connectivity index (χ1n) is 7.22. The van der Waals surface area contributed by atoms with E-state index in [9.17, 15) is 13.2 Å². The summed E-state index contributed by atoms with van der Waals surface area (Å²) in [6, 6.07) is 1.38. The highest BCUT2D eigenvalue weighted by molar-refractivity contribution is 8.14. The number of hydrazone groups is 1. The minimum Gasteiger partial charge on any atom is -0.477 e. The van der Waals surface area contributed by atoms with Crippen molar-refractivity contribution in [2.75, 3.05) is 18.5 Å². The number of rotatable bonds is 6. The maximum absolute atomic E-state index is 12.9. The number of aromatic nitrogens is 2. The van der Waals surface area contributed by atoms with Gasteiger partial charge in [0.2, 0.25) is 11.7 Å². The van der Waals surface area contributed by atoms with E-state index in [0.29, 0.717) is 19.1 Å². The van der Waals surface area contributed by atoms with Gasteiger partial charge < -0.3 is 10.1 Å². The fourth-order valence-electron chi connectivity index (χ4n) is 1.87. The molecule has 1 saturated carbocycles. The Morgan fingerprint density at radius 2 is 2.17 bits per heavy atom. The molecule has 2 heterocycles. The van der Waals surface area contributed by atoms with Crippen LogP contribution in [0.2, 0.25) is 0 Å². The molecule has 1 atom stereocenters. The van der Waals surface area contributed by atoms with Gasteiger partial charge in [-0.25, -0.2) is 4.98 Å². The molecule has 1 aromatic rings. The van der Waals surface area contributed by atoms with Crippen molar-refractivity contribution in [2.24, 2.45) is 11.0 Å². The number of anilines is 1. The van der Waals surface area contributed by atoms with Gasteiger partial charge >= 0.3 is 6.18 Å². The second-order valence-electron chi connectivity index (χ2n) is 5.42. The number of nitrogens with zero attached hydrogens (tertiary/aromatic N) is 3. The molecule has 1 aliphatic heterocycles. The van der Waals surface area contributed by atoms with Crippen LogP contribution in [-0.2, 0) is 6.18 Å². The molecule has 0 amide bonds. The van der Waals surface area contributed by atoms with Crippen molar-refractivity contribution in [3.05, 3.63) is 11.9 Å². The lowest BCUT2D eigenvalue weighted by Gasteiger charge is -2.12. The van der Waals surface area contributed by atoms with Crippen LogP contribution in [0.5, 0.6) is 5.88 Å². The maximum Gasteiger partial charge on any atom is 0.451 e. The van der Waals surface area contributed by atoms with Crippen molar-refractivity contribution in [1.29, 1.82) is 0 Å². The van der Waals surface area contributed by atoms with E-state index >= 15 is 0 Å². The monoisotopic (exact) mass is 347 g/mol. The van der Waals surface area contributed by atoms with Gasteiger partial charge in [0.1, 0.15) is 10.9 Å². The van der Waals surface area contributed by atoms with Crippen LogP contribution >= 0.6 is 11.8 Å². The van der Waals surface area contributed by atoms with Crippen LogP contribution in [0.3, 0.4) is 0 Å². The summed E-state index contributed by atoms with van der Waals surface area (Å²) in [4.78, 5) is 6.97. The Balaban J connectivity index is 1.70. The third-order valence-corrected chi connectivity index (χ3v) is 4.19. The van der Waals surface area contributed by atoms with E-state index in [1.807, 2.05) is 6.92 Å². The van der Waals surface area contributed by atoms with Gasteiger partial charge in [0.25, 0.3) is 0 Å². The topological polar surface area (TPSA) is 71.4 Å². The highest BCUT2D eigenvalue weighted by Gasteiger charge is 2.36. The predicted molar refractivity (Wildman–Crippen MR) is 81.4 cm³/mol. The Hall–Kier alpha value is -1.71. The molecule has 0 aromatic carbocycles. The number of alkyl halides is 3. The minimum atomic E-state index is -4.62. The van der Waals surface area contributed by atoms with Crippen LogP contribution in [0.15, 0.2) is 11.2 Å². The van der Waals surface area contributed by atoms with Crippen molar-refractivity contribution in [3.63, 3.8) is 0 Å². The van der Waals surface area contributed by atoms with Crippen LogP contribution < -0.4 is 15.5 Å². The molecule has 2 N–H and O–H groups in total. The highest BCUT2D eigenvalue weighted by atomic mass is 32.2. The third kappa shape index (κ3) is 4.63. The molecular weight excluding hydrogens is 331 g/mol. The number of ether oxygens (including phenoxy) is 1. The predicted octanol–water partition coefficient (Wildman–Crippen LogP) is 2.69. The quantitative estimate of drug-likeness (QED) is 0.824. The van der Waals surface area contributed by atoms with Gasteiger partial charge in [0.15, 0.2) is 0 Å². The van der Waals surface area contributed by atoms with Gasteiger partial charge in [-0.3, -0.25) is 5.43 Å². The summed E-state index contributed by atoms with van der Waals surface area (Å²) in [6.45, 7) is 2.62. The lowest BCUT2D eigenvalue weighted by atomic mass is 10.4. The second kappa shape index (κ2) is 6.42. The average molecular weight is 347 g/mol. The molecule has 0 spiro atoms. The van der Waals surface area contributed by atoms with Gasteiger partial charge in [0, 0.05) is 6.07 Å². The minimum absolute atomic E-state index is 0.0609. The first kappa shape index (κ1) is 16.2. The van der Waals surface area contributed by atoms with Gasteiger partial charge in [-0.1, -0.05) is 11.8 Å². The second-order valence-corrected chi connectivity index (χ2v) is 6.83. The maximum atomic E-state index is 12.9. The molecule has 23 heavy (non-hydrogen) atoms. The SMILES string of the molecule is CC1NN=C(CNc2cc(OCC3CC3)nc(C(F)(F)F)n2)S1. The number of thioether (sulfide) groups is 1. The van der Waals surface area contributed by atoms with Crippen LogP contribution in [-0.4, -0.2) is 33.5 Å². The first-order valence-corrected chi connectivity index (χ1v) is 8.10. The summed E-state index contributed by atoms with van der Waals surface area (Å²) < 4.78 is 44.1. The number of halogens is 3. The van der Waals surface area contributed by atoms with Crippen molar-refractivity contribution in [1.82, 2.24) is 15.4 Å². The van der Waals surface area contributed by atoms with Gasteiger partial charge in [-0.05, 0) is 25.7 Å². The number of hydrogen-bond acceptors (Lipinski definition) is 7. The lowest BCUT2D eigenvalue weighted by Crippen LogP contribution is -2.16. The van der Waals surface area contributed by atoms with Crippen LogP contribution in [0.25, 0.3) is 0 Å². The van der Waals surface area contributed by atoms with E-state index in [2.05, 4.69) is 25.8 Å². The van der Waals surface area contributed by atoms with E-state index in [0.717, 1.165) is 17.9 Å². The Morgan fingerprint density at radius 1 is 1.39 bits per heavy atom. The molecule has 1 unspecified atom stereocenters. The summed E-state index contributed by atoms with van der Waals surface area (Å²) in [5.41, 5.74) is 2.87. The fourth-order valence-corrected chi connectivity index (χ4v) is 2.65. The Bertz CT molecular complexity index is 606. The zero-order valence-corrected chi connectivity index (χ0v) is 13.2. The van der Waals surface area contributed by atoms with Crippen molar-refractivity contribution in [2.45, 2.75) is 31.3 Å². The standard InChI is InChI=1S/C13H16F3N5OS/c1-7-20-21-11(23-7)5-17-9-4-10(22-6-8-2-3-8)19-12(18-9)13(14,15)16/h4,7-8,20H,2-3,5-6H2,1H3,(H,17,18,19). The molecule has 3 rings (SSSR count). The van der Waals surface area contributed by atoms with Crippen LogP contribution in [0, 0.1) is 5.92 Å². The fraction of sp³-hybridized carbons (Fsp3) is 0.615.